The Balaban J connectivity index is 1.67. The monoisotopic (exact) mass is 365 g/mol. The second-order valence-corrected chi connectivity index (χ2v) is 6.42. The van der Waals surface area contributed by atoms with Gasteiger partial charge in [0.1, 0.15) is 5.75 Å². The molecule has 0 radical (unpaired) electrons. The summed E-state index contributed by atoms with van der Waals surface area (Å²) in [6.07, 6.45) is 2.67. The van der Waals surface area contributed by atoms with E-state index in [0.29, 0.717) is 18.4 Å². The highest BCUT2D eigenvalue weighted by Crippen LogP contribution is 2.12. The zero-order valence-electron chi connectivity index (χ0n) is 15.5. The fourth-order valence-electron chi connectivity index (χ4n) is 2.95. The van der Waals surface area contributed by atoms with E-state index in [-0.39, 0.29) is 23.9 Å². The lowest BCUT2D eigenvalue weighted by Gasteiger charge is -2.18. The van der Waals surface area contributed by atoms with Crippen LogP contribution in [0.4, 0.5) is 0 Å². The normalized spacial score (nSPS) is 11.9. The molecule has 0 saturated heterocycles. The lowest BCUT2D eigenvalue weighted by molar-refractivity contribution is -0.121. The first-order valence-corrected chi connectivity index (χ1v) is 8.98. The largest absolute Gasteiger partial charge is 0.497 e. The van der Waals surface area contributed by atoms with Gasteiger partial charge in [-0.15, -0.1) is 0 Å². The van der Waals surface area contributed by atoms with Crippen LogP contribution in [0.15, 0.2) is 59.5 Å². The standard InChI is InChI=1S/C21H23N3O3/c1-3-17(23-20(25)12-15-8-10-18(27-2)11-9-15)14-24-21(26)19-7-5-4-6-16(19)13-22-24/h4-11,13,17H,3,12,14H2,1-2H3,(H,23,25)/t17-/m0/s1. The molecular weight excluding hydrogens is 342 g/mol. The Morgan fingerprint density at radius 1 is 1.19 bits per heavy atom. The molecule has 1 aromatic heterocycles. The van der Waals surface area contributed by atoms with E-state index in [2.05, 4.69) is 10.4 Å². The Morgan fingerprint density at radius 3 is 2.63 bits per heavy atom. The SMILES string of the molecule is CC[C@@H](Cn1ncc2ccccc2c1=O)NC(=O)Cc1ccc(OC)cc1. The zero-order chi connectivity index (χ0) is 19.2. The van der Waals surface area contributed by atoms with E-state index >= 15 is 0 Å². The lowest BCUT2D eigenvalue weighted by Crippen LogP contribution is -2.41. The lowest BCUT2D eigenvalue weighted by atomic mass is 10.1. The van der Waals surface area contributed by atoms with E-state index in [1.54, 1.807) is 19.4 Å². The van der Waals surface area contributed by atoms with Crippen LogP contribution in [0.5, 0.6) is 5.75 Å². The first-order valence-electron chi connectivity index (χ1n) is 8.98. The second kappa shape index (κ2) is 8.49. The average Bonchev–Trinajstić information content (AvgIpc) is 2.70. The Morgan fingerprint density at radius 2 is 1.93 bits per heavy atom. The molecule has 27 heavy (non-hydrogen) atoms. The first kappa shape index (κ1) is 18.6. The van der Waals surface area contributed by atoms with E-state index in [0.717, 1.165) is 16.7 Å². The maximum atomic E-state index is 12.6. The number of ether oxygens (including phenoxy) is 1. The molecule has 0 spiro atoms. The van der Waals surface area contributed by atoms with Crippen molar-refractivity contribution >= 4 is 16.7 Å². The third-order valence-corrected chi connectivity index (χ3v) is 4.54. The van der Waals surface area contributed by atoms with E-state index < -0.39 is 0 Å². The van der Waals surface area contributed by atoms with Gasteiger partial charge in [-0.05, 0) is 30.2 Å². The molecule has 0 fully saturated rings. The summed E-state index contributed by atoms with van der Waals surface area (Å²) in [7, 11) is 1.61. The highest BCUT2D eigenvalue weighted by Gasteiger charge is 2.14. The summed E-state index contributed by atoms with van der Waals surface area (Å²) < 4.78 is 6.55. The van der Waals surface area contributed by atoms with Crippen LogP contribution in [0.3, 0.4) is 0 Å². The number of benzene rings is 2. The number of fused-ring (bicyclic) bond motifs is 1. The fraction of sp³-hybridized carbons (Fsp3) is 0.286. The molecule has 0 aliphatic carbocycles. The van der Waals surface area contributed by atoms with Crippen LogP contribution in [-0.2, 0) is 17.8 Å². The van der Waals surface area contributed by atoms with Gasteiger partial charge in [-0.3, -0.25) is 9.59 Å². The summed E-state index contributed by atoms with van der Waals surface area (Å²) in [6, 6.07) is 14.6. The highest BCUT2D eigenvalue weighted by molar-refractivity contribution is 5.80. The van der Waals surface area contributed by atoms with Crippen molar-refractivity contribution in [1.82, 2.24) is 15.1 Å². The van der Waals surface area contributed by atoms with Gasteiger partial charge in [0.2, 0.25) is 5.91 Å². The number of amides is 1. The fourth-order valence-corrected chi connectivity index (χ4v) is 2.95. The minimum Gasteiger partial charge on any atom is -0.497 e. The summed E-state index contributed by atoms with van der Waals surface area (Å²) in [5.74, 6) is 0.674. The van der Waals surface area contributed by atoms with Crippen LogP contribution in [0.25, 0.3) is 10.8 Å². The molecule has 2 aromatic carbocycles. The Hall–Kier alpha value is -3.15. The van der Waals surface area contributed by atoms with E-state index in [9.17, 15) is 9.59 Å². The number of hydrogen-bond donors (Lipinski definition) is 1. The summed E-state index contributed by atoms with van der Waals surface area (Å²) in [5.41, 5.74) is 0.764. The van der Waals surface area contributed by atoms with Crippen LogP contribution in [0, 0.1) is 0 Å². The number of nitrogens with one attached hydrogen (secondary N) is 1. The van der Waals surface area contributed by atoms with Crippen LogP contribution >= 0.6 is 0 Å². The van der Waals surface area contributed by atoms with Crippen molar-refractivity contribution < 1.29 is 9.53 Å². The average molecular weight is 365 g/mol. The number of aromatic nitrogens is 2. The predicted octanol–water partition coefficient (Wildman–Crippen LogP) is 2.54. The van der Waals surface area contributed by atoms with Gasteiger partial charge in [0.15, 0.2) is 0 Å². The smallest absolute Gasteiger partial charge is 0.274 e. The van der Waals surface area contributed by atoms with E-state index in [4.69, 9.17) is 4.74 Å². The molecule has 0 aliphatic rings. The molecule has 1 N–H and O–H groups in total. The van der Waals surface area contributed by atoms with Crippen LogP contribution in [-0.4, -0.2) is 28.8 Å². The summed E-state index contributed by atoms with van der Waals surface area (Å²) in [5, 5.41) is 8.69. The number of hydrogen-bond acceptors (Lipinski definition) is 4. The van der Waals surface area contributed by atoms with Crippen molar-refractivity contribution in [2.75, 3.05) is 7.11 Å². The van der Waals surface area contributed by atoms with Crippen molar-refractivity contribution in [1.29, 1.82) is 0 Å². The van der Waals surface area contributed by atoms with Gasteiger partial charge < -0.3 is 10.1 Å². The van der Waals surface area contributed by atoms with Gasteiger partial charge in [-0.2, -0.15) is 5.10 Å². The molecule has 1 heterocycles. The van der Waals surface area contributed by atoms with Gasteiger partial charge in [-0.1, -0.05) is 37.3 Å². The number of methoxy groups -OCH3 is 1. The molecule has 0 bridgehead atoms. The van der Waals surface area contributed by atoms with Crippen molar-refractivity contribution in [2.24, 2.45) is 0 Å². The van der Waals surface area contributed by atoms with Crippen molar-refractivity contribution in [3.8, 4) is 5.75 Å². The molecule has 6 nitrogen and oxygen atoms in total. The first-order chi connectivity index (χ1) is 13.1. The molecule has 3 rings (SSSR count). The van der Waals surface area contributed by atoms with Crippen LogP contribution in [0.1, 0.15) is 18.9 Å². The summed E-state index contributed by atoms with van der Waals surface area (Å²) in [4.78, 5) is 25.0. The number of nitrogens with zero attached hydrogens (tertiary/aromatic N) is 2. The third-order valence-electron chi connectivity index (χ3n) is 4.54. The van der Waals surface area contributed by atoms with Crippen molar-refractivity contribution in [2.45, 2.75) is 32.4 Å². The topological polar surface area (TPSA) is 73.2 Å². The second-order valence-electron chi connectivity index (χ2n) is 6.42. The number of carbonyl (C=O) groups excluding carboxylic acids is 1. The molecule has 0 unspecified atom stereocenters. The van der Waals surface area contributed by atoms with Gasteiger partial charge in [-0.25, -0.2) is 4.68 Å². The predicted molar refractivity (Wildman–Crippen MR) is 105 cm³/mol. The van der Waals surface area contributed by atoms with Gasteiger partial charge in [0.25, 0.3) is 5.56 Å². The van der Waals surface area contributed by atoms with E-state index in [1.165, 1.54) is 4.68 Å². The van der Waals surface area contributed by atoms with Crippen LogP contribution in [0.2, 0.25) is 0 Å². The molecular formula is C21H23N3O3. The number of carbonyl (C=O) groups is 1. The van der Waals surface area contributed by atoms with Crippen molar-refractivity contribution in [3.63, 3.8) is 0 Å². The third kappa shape index (κ3) is 4.53. The minimum atomic E-state index is -0.165. The minimum absolute atomic E-state index is 0.0825. The Bertz CT molecular complexity index is 980. The molecule has 1 amide bonds. The van der Waals surface area contributed by atoms with Gasteiger partial charge >= 0.3 is 0 Å². The molecule has 0 aliphatic heterocycles. The molecule has 1 atom stereocenters. The Labute approximate surface area is 157 Å². The summed E-state index contributed by atoms with van der Waals surface area (Å²) in [6.45, 7) is 2.32. The molecule has 3 aromatic rings. The number of rotatable bonds is 7. The molecule has 6 heteroatoms. The maximum absolute atomic E-state index is 12.6. The Kier molecular flexibility index (Phi) is 5.86. The molecule has 140 valence electrons. The maximum Gasteiger partial charge on any atom is 0.274 e. The van der Waals surface area contributed by atoms with Gasteiger partial charge in [0.05, 0.1) is 31.7 Å². The van der Waals surface area contributed by atoms with Gasteiger partial charge in [0, 0.05) is 11.4 Å². The highest BCUT2D eigenvalue weighted by atomic mass is 16.5. The van der Waals surface area contributed by atoms with E-state index in [1.807, 2.05) is 49.4 Å². The van der Waals surface area contributed by atoms with Crippen molar-refractivity contribution in [3.05, 3.63) is 70.6 Å². The quantitative estimate of drug-likeness (QED) is 0.698. The zero-order valence-corrected chi connectivity index (χ0v) is 15.5. The van der Waals surface area contributed by atoms with Crippen LogP contribution < -0.4 is 15.6 Å². The molecule has 0 saturated carbocycles. The summed E-state index contributed by atoms with van der Waals surface area (Å²) >= 11 is 0.